The van der Waals surface area contributed by atoms with Gasteiger partial charge < -0.3 is 5.73 Å². The van der Waals surface area contributed by atoms with Gasteiger partial charge in [0.1, 0.15) is 5.71 Å². The Morgan fingerprint density at radius 2 is 1.86 bits per heavy atom. The number of fused-ring (bicyclic) bond motifs is 1. The van der Waals surface area contributed by atoms with Crippen molar-refractivity contribution >= 4 is 23.0 Å². The molecule has 0 fully saturated rings. The molecule has 1 aliphatic rings. The number of benzene rings is 1. The summed E-state index contributed by atoms with van der Waals surface area (Å²) in [5.74, 6) is -1.11. The van der Waals surface area contributed by atoms with Crippen LogP contribution < -0.4 is 5.73 Å². The molecule has 0 radical (unpaired) electrons. The van der Waals surface area contributed by atoms with Crippen LogP contribution in [0.4, 0.5) is 5.69 Å². The lowest BCUT2D eigenvalue weighted by Gasteiger charge is -2.11. The minimum atomic E-state index is -0.591. The number of ketones is 2. The molecule has 4 nitrogen and oxygen atoms in total. The summed E-state index contributed by atoms with van der Waals surface area (Å²) in [7, 11) is 0. The monoisotopic (exact) mass is 188 g/mol. The lowest BCUT2D eigenvalue weighted by molar-refractivity contribution is -0.109. The van der Waals surface area contributed by atoms with Gasteiger partial charge in [0, 0.05) is 6.54 Å². The SMILES string of the molecule is NCC1=Nc2ccccc2C(=O)C1=O. The zero-order chi connectivity index (χ0) is 10.1. The zero-order valence-electron chi connectivity index (χ0n) is 7.36. The Morgan fingerprint density at radius 1 is 1.14 bits per heavy atom. The third-order valence-electron chi connectivity index (χ3n) is 2.07. The highest BCUT2D eigenvalue weighted by atomic mass is 16.2. The predicted octanol–water partition coefficient (Wildman–Crippen LogP) is 0.483. The fourth-order valence-electron chi connectivity index (χ4n) is 1.35. The summed E-state index contributed by atoms with van der Waals surface area (Å²) in [5.41, 5.74) is 6.32. The van der Waals surface area contributed by atoms with Gasteiger partial charge in [0.15, 0.2) is 0 Å². The molecule has 4 heteroatoms. The quantitative estimate of drug-likeness (QED) is 0.651. The molecule has 0 aliphatic carbocycles. The van der Waals surface area contributed by atoms with Crippen molar-refractivity contribution in [3.8, 4) is 0 Å². The van der Waals surface area contributed by atoms with E-state index in [1.165, 1.54) is 0 Å². The Hall–Kier alpha value is -1.81. The zero-order valence-corrected chi connectivity index (χ0v) is 7.36. The van der Waals surface area contributed by atoms with Crippen LogP contribution in [-0.2, 0) is 4.79 Å². The fourth-order valence-corrected chi connectivity index (χ4v) is 1.35. The summed E-state index contributed by atoms with van der Waals surface area (Å²) in [5, 5.41) is 0. The van der Waals surface area contributed by atoms with Crippen LogP contribution in [0.3, 0.4) is 0 Å². The van der Waals surface area contributed by atoms with Gasteiger partial charge in [-0.3, -0.25) is 9.59 Å². The van der Waals surface area contributed by atoms with Crippen LogP contribution in [0.25, 0.3) is 0 Å². The van der Waals surface area contributed by atoms with E-state index in [9.17, 15) is 9.59 Å². The molecule has 2 N–H and O–H groups in total. The number of Topliss-reactive ketones (excluding diaryl/α,β-unsaturated/α-hetero) is 2. The average Bonchev–Trinajstić information content (AvgIpc) is 2.23. The Labute approximate surface area is 80.4 Å². The van der Waals surface area contributed by atoms with E-state index in [0.717, 1.165) is 0 Å². The van der Waals surface area contributed by atoms with E-state index in [2.05, 4.69) is 4.99 Å². The third-order valence-corrected chi connectivity index (χ3v) is 2.07. The molecule has 0 saturated carbocycles. The van der Waals surface area contributed by atoms with Crippen LogP contribution in [0.15, 0.2) is 29.3 Å². The van der Waals surface area contributed by atoms with Crippen LogP contribution in [0.1, 0.15) is 10.4 Å². The standard InChI is InChI=1S/C10H8N2O2/c11-5-8-10(14)9(13)6-3-1-2-4-7(6)12-8/h1-4H,5,11H2. The van der Waals surface area contributed by atoms with Gasteiger partial charge in [0.2, 0.25) is 11.6 Å². The van der Waals surface area contributed by atoms with Crippen LogP contribution in [0.2, 0.25) is 0 Å². The molecule has 0 amide bonds. The molecule has 0 bridgehead atoms. The van der Waals surface area contributed by atoms with Gasteiger partial charge >= 0.3 is 0 Å². The van der Waals surface area contributed by atoms with E-state index in [0.29, 0.717) is 11.3 Å². The predicted molar refractivity (Wildman–Crippen MR) is 51.9 cm³/mol. The van der Waals surface area contributed by atoms with Crippen molar-refractivity contribution in [1.29, 1.82) is 0 Å². The first-order chi connectivity index (χ1) is 6.74. The van der Waals surface area contributed by atoms with Gasteiger partial charge in [0.05, 0.1) is 11.3 Å². The number of para-hydroxylation sites is 1. The normalized spacial score (nSPS) is 15.1. The first kappa shape index (κ1) is 8.77. The van der Waals surface area contributed by atoms with E-state index < -0.39 is 11.6 Å². The molecule has 2 rings (SSSR count). The molecule has 0 aromatic heterocycles. The summed E-state index contributed by atoms with van der Waals surface area (Å²) in [6, 6.07) is 6.74. The van der Waals surface area contributed by atoms with Gasteiger partial charge in [-0.2, -0.15) is 0 Å². The second-order valence-electron chi connectivity index (χ2n) is 2.94. The van der Waals surface area contributed by atoms with E-state index in [1.54, 1.807) is 24.3 Å². The number of carbonyl (C=O) groups excluding carboxylic acids is 2. The number of hydrogen-bond donors (Lipinski definition) is 1. The lowest BCUT2D eigenvalue weighted by Crippen LogP contribution is -2.32. The fraction of sp³-hybridized carbons (Fsp3) is 0.100. The molecule has 1 aromatic carbocycles. The number of hydrogen-bond acceptors (Lipinski definition) is 4. The van der Waals surface area contributed by atoms with E-state index in [4.69, 9.17) is 5.73 Å². The summed E-state index contributed by atoms with van der Waals surface area (Å²) in [4.78, 5) is 26.9. The maximum atomic E-state index is 11.5. The third kappa shape index (κ3) is 1.16. The largest absolute Gasteiger partial charge is 0.325 e. The van der Waals surface area contributed by atoms with E-state index in [1.807, 2.05) is 0 Å². The first-order valence-electron chi connectivity index (χ1n) is 4.19. The molecular weight excluding hydrogens is 180 g/mol. The smallest absolute Gasteiger partial charge is 0.249 e. The molecule has 14 heavy (non-hydrogen) atoms. The number of nitrogens with zero attached hydrogens (tertiary/aromatic N) is 1. The number of aliphatic imine (C=N–C) groups is 1. The Bertz CT molecular complexity index is 449. The van der Waals surface area contributed by atoms with Gasteiger partial charge in [-0.1, -0.05) is 12.1 Å². The number of nitrogens with two attached hydrogens (primary N) is 1. The minimum Gasteiger partial charge on any atom is -0.325 e. The second kappa shape index (κ2) is 3.16. The van der Waals surface area contributed by atoms with Gasteiger partial charge in [-0.05, 0) is 12.1 Å². The second-order valence-corrected chi connectivity index (χ2v) is 2.94. The van der Waals surface area contributed by atoms with Gasteiger partial charge in [-0.15, -0.1) is 0 Å². The van der Waals surface area contributed by atoms with Crippen molar-refractivity contribution in [2.75, 3.05) is 6.54 Å². The van der Waals surface area contributed by atoms with Crippen LogP contribution in [0.5, 0.6) is 0 Å². The first-order valence-corrected chi connectivity index (χ1v) is 4.19. The van der Waals surface area contributed by atoms with Gasteiger partial charge in [0.25, 0.3) is 0 Å². The minimum absolute atomic E-state index is 0.00108. The molecule has 0 saturated heterocycles. The summed E-state index contributed by atoms with van der Waals surface area (Å²) in [6.07, 6.45) is 0. The van der Waals surface area contributed by atoms with Crippen molar-refractivity contribution in [2.24, 2.45) is 10.7 Å². The molecule has 1 aromatic rings. The summed E-state index contributed by atoms with van der Waals surface area (Å²) < 4.78 is 0. The van der Waals surface area contributed by atoms with Crippen molar-refractivity contribution in [1.82, 2.24) is 0 Å². The highest BCUT2D eigenvalue weighted by Gasteiger charge is 2.27. The Kier molecular flexibility index (Phi) is 1.98. The van der Waals surface area contributed by atoms with Crippen LogP contribution in [0, 0.1) is 0 Å². The van der Waals surface area contributed by atoms with Gasteiger partial charge in [-0.25, -0.2) is 4.99 Å². The number of carbonyl (C=O) groups is 2. The molecule has 1 heterocycles. The van der Waals surface area contributed by atoms with Crippen LogP contribution >= 0.6 is 0 Å². The average molecular weight is 188 g/mol. The molecule has 0 unspecified atom stereocenters. The molecule has 1 aliphatic heterocycles. The molecule has 0 spiro atoms. The Morgan fingerprint density at radius 3 is 2.57 bits per heavy atom. The van der Waals surface area contributed by atoms with Crippen molar-refractivity contribution in [3.05, 3.63) is 29.8 Å². The topological polar surface area (TPSA) is 72.5 Å². The van der Waals surface area contributed by atoms with Crippen molar-refractivity contribution < 1.29 is 9.59 Å². The molecule has 70 valence electrons. The Balaban J connectivity index is 2.63. The highest BCUT2D eigenvalue weighted by molar-refractivity contribution is 6.70. The lowest BCUT2D eigenvalue weighted by atomic mass is 9.99. The van der Waals surface area contributed by atoms with Crippen molar-refractivity contribution in [2.45, 2.75) is 0 Å². The molecular formula is C10H8N2O2. The summed E-state index contributed by atoms with van der Waals surface area (Å²) >= 11 is 0. The number of rotatable bonds is 1. The van der Waals surface area contributed by atoms with E-state index in [-0.39, 0.29) is 12.3 Å². The maximum Gasteiger partial charge on any atom is 0.249 e. The maximum absolute atomic E-state index is 11.5. The van der Waals surface area contributed by atoms with Crippen molar-refractivity contribution in [3.63, 3.8) is 0 Å². The van der Waals surface area contributed by atoms with Crippen LogP contribution in [-0.4, -0.2) is 23.8 Å². The van der Waals surface area contributed by atoms with E-state index >= 15 is 0 Å². The molecule has 0 atom stereocenters. The highest BCUT2D eigenvalue weighted by Crippen LogP contribution is 2.23. The summed E-state index contributed by atoms with van der Waals surface area (Å²) in [6.45, 7) is -0.00108.